The zero-order chi connectivity index (χ0) is 20.1. The third-order valence-electron chi connectivity index (χ3n) is 4.72. The summed E-state index contributed by atoms with van der Waals surface area (Å²) in [5.74, 6) is 0.909. The average Bonchev–Trinajstić information content (AvgIpc) is 3.08. The summed E-state index contributed by atoms with van der Waals surface area (Å²) in [4.78, 5) is 31.9. The van der Waals surface area contributed by atoms with Crippen molar-refractivity contribution in [3.05, 3.63) is 41.3 Å². The molecule has 0 N–H and O–H groups in total. The van der Waals surface area contributed by atoms with E-state index in [1.54, 1.807) is 29.2 Å². The summed E-state index contributed by atoms with van der Waals surface area (Å²) in [6, 6.07) is 6.96. The predicted molar refractivity (Wildman–Crippen MR) is 102 cm³/mol. The van der Waals surface area contributed by atoms with Crippen LogP contribution in [0.15, 0.2) is 28.7 Å². The Hall–Kier alpha value is -2.87. The van der Waals surface area contributed by atoms with Gasteiger partial charge in [-0.25, -0.2) is 14.6 Å². The van der Waals surface area contributed by atoms with Crippen molar-refractivity contribution in [3.63, 3.8) is 0 Å². The molecule has 0 bridgehead atoms. The summed E-state index contributed by atoms with van der Waals surface area (Å²) in [5.41, 5.74) is 2.15. The fourth-order valence-corrected chi connectivity index (χ4v) is 3.08. The molecule has 1 aromatic carbocycles. The van der Waals surface area contributed by atoms with Crippen LogP contribution in [0, 0.1) is 6.92 Å². The van der Waals surface area contributed by atoms with Gasteiger partial charge in [-0.15, -0.1) is 0 Å². The van der Waals surface area contributed by atoms with Gasteiger partial charge in [-0.05, 0) is 38.1 Å². The molecule has 0 saturated carbocycles. The number of rotatable bonds is 5. The summed E-state index contributed by atoms with van der Waals surface area (Å²) in [5, 5.41) is 0. The number of hydrogen-bond donors (Lipinski definition) is 0. The molecule has 0 radical (unpaired) electrons. The molecule has 2 aromatic rings. The van der Waals surface area contributed by atoms with Crippen molar-refractivity contribution in [3.8, 4) is 11.5 Å². The first kappa shape index (κ1) is 19.9. The molecule has 0 aliphatic carbocycles. The number of aryl methyl sites for hydroxylation is 1. The number of ether oxygens (including phenoxy) is 2. The molecule has 0 spiro atoms. The highest BCUT2D eigenvalue weighted by Crippen LogP contribution is 2.23. The molecule has 1 amide bonds. The molecule has 3 rings (SSSR count). The van der Waals surface area contributed by atoms with Crippen LogP contribution in [0.3, 0.4) is 0 Å². The van der Waals surface area contributed by atoms with Crippen molar-refractivity contribution in [2.45, 2.75) is 20.4 Å². The van der Waals surface area contributed by atoms with Gasteiger partial charge in [-0.2, -0.15) is 0 Å². The average molecular weight is 387 g/mol. The second-order valence-electron chi connectivity index (χ2n) is 6.55. The highest BCUT2D eigenvalue weighted by atomic mass is 16.6. The van der Waals surface area contributed by atoms with Gasteiger partial charge < -0.3 is 18.8 Å². The Bertz CT molecular complexity index is 823. The van der Waals surface area contributed by atoms with Gasteiger partial charge in [0, 0.05) is 38.3 Å². The van der Waals surface area contributed by atoms with Gasteiger partial charge in [0.05, 0.1) is 25.0 Å². The summed E-state index contributed by atoms with van der Waals surface area (Å²) in [6.07, 6.45) is -0.252. The first-order valence-corrected chi connectivity index (χ1v) is 9.31. The van der Waals surface area contributed by atoms with E-state index >= 15 is 0 Å². The maximum atomic E-state index is 11.8. The second kappa shape index (κ2) is 8.88. The Balaban J connectivity index is 1.62. The number of amides is 1. The molecule has 1 aliphatic heterocycles. The SMILES string of the molecule is CCOC(=O)N1CCN(Cc2nc(-c3ccc(C(=O)OC)cc3)oc2C)CC1. The molecule has 2 heterocycles. The third-order valence-corrected chi connectivity index (χ3v) is 4.72. The Morgan fingerprint density at radius 2 is 1.82 bits per heavy atom. The largest absolute Gasteiger partial charge is 0.465 e. The predicted octanol–water partition coefficient (Wildman–Crippen LogP) is 2.71. The quantitative estimate of drug-likeness (QED) is 0.729. The van der Waals surface area contributed by atoms with Gasteiger partial charge >= 0.3 is 12.1 Å². The monoisotopic (exact) mass is 387 g/mol. The lowest BCUT2D eigenvalue weighted by molar-refractivity contribution is 0.0600. The number of nitrogens with zero attached hydrogens (tertiary/aromatic N) is 3. The van der Waals surface area contributed by atoms with E-state index in [0.717, 1.165) is 30.1 Å². The summed E-state index contributed by atoms with van der Waals surface area (Å²) in [7, 11) is 1.35. The summed E-state index contributed by atoms with van der Waals surface area (Å²) < 4.78 is 15.6. The number of carbonyl (C=O) groups excluding carboxylic acids is 2. The summed E-state index contributed by atoms with van der Waals surface area (Å²) in [6.45, 7) is 7.54. The number of piperazine rings is 1. The van der Waals surface area contributed by atoms with Crippen LogP contribution >= 0.6 is 0 Å². The Morgan fingerprint density at radius 1 is 1.14 bits per heavy atom. The van der Waals surface area contributed by atoms with E-state index in [-0.39, 0.29) is 12.1 Å². The van der Waals surface area contributed by atoms with Crippen LogP contribution in [-0.4, -0.2) is 66.7 Å². The molecular weight excluding hydrogens is 362 g/mol. The summed E-state index contributed by atoms with van der Waals surface area (Å²) >= 11 is 0. The molecule has 150 valence electrons. The molecule has 1 aromatic heterocycles. The van der Waals surface area contributed by atoms with Crippen LogP contribution in [0.4, 0.5) is 4.79 Å². The zero-order valence-electron chi connectivity index (χ0n) is 16.4. The smallest absolute Gasteiger partial charge is 0.409 e. The van der Waals surface area contributed by atoms with Gasteiger partial charge in [0.25, 0.3) is 0 Å². The van der Waals surface area contributed by atoms with Crippen LogP contribution < -0.4 is 0 Å². The molecule has 0 unspecified atom stereocenters. The van der Waals surface area contributed by atoms with Crippen LogP contribution in [0.25, 0.3) is 11.5 Å². The van der Waals surface area contributed by atoms with Crippen molar-refractivity contribution in [2.75, 3.05) is 39.9 Å². The van der Waals surface area contributed by atoms with Crippen LogP contribution in [0.5, 0.6) is 0 Å². The minimum absolute atomic E-state index is 0.252. The van der Waals surface area contributed by atoms with E-state index in [0.29, 0.717) is 37.7 Å². The molecule has 8 nitrogen and oxygen atoms in total. The molecule has 8 heteroatoms. The third kappa shape index (κ3) is 4.51. The van der Waals surface area contributed by atoms with Crippen LogP contribution in [0.2, 0.25) is 0 Å². The first-order valence-electron chi connectivity index (χ1n) is 9.31. The van der Waals surface area contributed by atoms with Gasteiger partial charge in [0.15, 0.2) is 0 Å². The topological polar surface area (TPSA) is 85.1 Å². The fraction of sp³-hybridized carbons (Fsp3) is 0.450. The molecule has 1 fully saturated rings. The lowest BCUT2D eigenvalue weighted by Gasteiger charge is -2.33. The maximum Gasteiger partial charge on any atom is 0.409 e. The van der Waals surface area contributed by atoms with Gasteiger partial charge in [-0.3, -0.25) is 4.90 Å². The van der Waals surface area contributed by atoms with Crippen molar-refractivity contribution in [1.29, 1.82) is 0 Å². The van der Waals surface area contributed by atoms with Crippen LogP contribution in [-0.2, 0) is 16.0 Å². The molecule has 28 heavy (non-hydrogen) atoms. The van der Waals surface area contributed by atoms with Crippen molar-refractivity contribution >= 4 is 12.1 Å². The number of carbonyl (C=O) groups is 2. The van der Waals surface area contributed by atoms with E-state index < -0.39 is 0 Å². The number of hydrogen-bond acceptors (Lipinski definition) is 7. The minimum Gasteiger partial charge on any atom is -0.465 e. The maximum absolute atomic E-state index is 11.8. The number of methoxy groups -OCH3 is 1. The number of esters is 1. The molecule has 1 aliphatic rings. The van der Waals surface area contributed by atoms with E-state index in [1.165, 1.54) is 7.11 Å². The lowest BCUT2D eigenvalue weighted by Crippen LogP contribution is -2.48. The van der Waals surface area contributed by atoms with Crippen molar-refractivity contribution in [1.82, 2.24) is 14.8 Å². The van der Waals surface area contributed by atoms with E-state index in [4.69, 9.17) is 13.9 Å². The highest BCUT2D eigenvalue weighted by Gasteiger charge is 2.23. The zero-order valence-corrected chi connectivity index (χ0v) is 16.4. The fourth-order valence-electron chi connectivity index (χ4n) is 3.08. The normalized spacial score (nSPS) is 14.8. The second-order valence-corrected chi connectivity index (χ2v) is 6.55. The minimum atomic E-state index is -0.377. The van der Waals surface area contributed by atoms with E-state index in [9.17, 15) is 9.59 Å². The Kier molecular flexibility index (Phi) is 6.30. The van der Waals surface area contributed by atoms with Gasteiger partial charge in [-0.1, -0.05) is 0 Å². The molecule has 1 saturated heterocycles. The van der Waals surface area contributed by atoms with Gasteiger partial charge in [0.1, 0.15) is 5.76 Å². The van der Waals surface area contributed by atoms with E-state index in [1.807, 2.05) is 13.8 Å². The number of benzene rings is 1. The standard InChI is InChI=1S/C20H25N3O5/c1-4-27-20(25)23-11-9-22(10-12-23)13-17-14(2)28-18(21-17)15-5-7-16(8-6-15)19(24)26-3/h5-8H,4,9-13H2,1-3H3. The Labute approximate surface area is 164 Å². The molecule has 0 atom stereocenters. The molecular formula is C20H25N3O5. The van der Waals surface area contributed by atoms with E-state index in [2.05, 4.69) is 9.88 Å². The highest BCUT2D eigenvalue weighted by molar-refractivity contribution is 5.89. The van der Waals surface area contributed by atoms with Crippen molar-refractivity contribution < 1.29 is 23.5 Å². The van der Waals surface area contributed by atoms with Gasteiger partial charge in [0.2, 0.25) is 5.89 Å². The lowest BCUT2D eigenvalue weighted by atomic mass is 10.1. The Morgan fingerprint density at radius 3 is 2.43 bits per heavy atom. The van der Waals surface area contributed by atoms with Crippen molar-refractivity contribution in [2.24, 2.45) is 0 Å². The van der Waals surface area contributed by atoms with Crippen LogP contribution in [0.1, 0.15) is 28.7 Å². The number of aromatic nitrogens is 1. The first-order chi connectivity index (χ1) is 13.5. The number of oxazole rings is 1.